The summed E-state index contributed by atoms with van der Waals surface area (Å²) in [7, 11) is 0. The fourth-order valence-electron chi connectivity index (χ4n) is 0.536. The van der Waals surface area contributed by atoms with Crippen LogP contribution in [0.4, 0.5) is 0 Å². The molecule has 0 spiro atoms. The normalized spacial score (nSPS) is 21.2. The predicted octanol–water partition coefficient (Wildman–Crippen LogP) is -0.293. The van der Waals surface area contributed by atoms with Gasteiger partial charge in [0, 0.05) is 14.4 Å². The Morgan fingerprint density at radius 1 is 1.17 bits per heavy atom. The molecule has 0 aliphatic carbocycles. The van der Waals surface area contributed by atoms with E-state index >= 15 is 0 Å². The number of rotatable bonds is 4. The number of hydrogen-bond donors (Lipinski definition) is 4. The standard InChI is InChI=1S/C6H12I2N2O2/c1-4(5(9,11)2-7)6(10,12)3-8/h11-12H,1-3,9-10H2/t5-,6-/m0/s1. The van der Waals surface area contributed by atoms with Gasteiger partial charge < -0.3 is 10.2 Å². The molecule has 12 heavy (non-hydrogen) atoms. The third-order valence-electron chi connectivity index (χ3n) is 1.45. The zero-order chi connectivity index (χ0) is 9.99. The Kier molecular flexibility index (Phi) is 4.90. The Morgan fingerprint density at radius 3 is 1.58 bits per heavy atom. The first-order chi connectivity index (χ1) is 5.28. The Bertz CT molecular complexity index is 164. The molecule has 2 atom stereocenters. The van der Waals surface area contributed by atoms with Gasteiger partial charge in [0.15, 0.2) is 0 Å². The summed E-state index contributed by atoms with van der Waals surface area (Å²) in [5.41, 5.74) is 7.69. The third-order valence-corrected chi connectivity index (χ3v) is 3.78. The summed E-state index contributed by atoms with van der Waals surface area (Å²) in [4.78, 5) is 0. The molecule has 4 nitrogen and oxygen atoms in total. The van der Waals surface area contributed by atoms with E-state index < -0.39 is 11.4 Å². The molecule has 0 saturated carbocycles. The largest absolute Gasteiger partial charge is 0.371 e. The zero-order valence-corrected chi connectivity index (χ0v) is 10.7. The highest BCUT2D eigenvalue weighted by molar-refractivity contribution is 14.1. The van der Waals surface area contributed by atoms with E-state index in [1.54, 1.807) is 0 Å². The SMILES string of the molecule is C=C([C@@](N)(O)CI)[C@@](N)(O)CI. The molecule has 0 radical (unpaired) electrons. The molecule has 0 aromatic heterocycles. The lowest BCUT2D eigenvalue weighted by molar-refractivity contribution is 0.0373. The van der Waals surface area contributed by atoms with E-state index in [1.807, 2.05) is 45.2 Å². The van der Waals surface area contributed by atoms with Crippen LogP contribution >= 0.6 is 45.2 Å². The first-order valence-electron chi connectivity index (χ1n) is 3.12. The van der Waals surface area contributed by atoms with Crippen molar-refractivity contribution in [2.45, 2.75) is 11.4 Å². The van der Waals surface area contributed by atoms with Gasteiger partial charge in [-0.05, 0) is 0 Å². The van der Waals surface area contributed by atoms with E-state index in [4.69, 9.17) is 11.5 Å². The molecular formula is C6H12I2N2O2. The fourth-order valence-corrected chi connectivity index (χ4v) is 1.46. The smallest absolute Gasteiger partial charge is 0.148 e. The quantitative estimate of drug-likeness (QED) is 0.227. The summed E-state index contributed by atoms with van der Waals surface area (Å²) in [6.45, 7) is 3.48. The van der Waals surface area contributed by atoms with Crippen molar-refractivity contribution in [3.05, 3.63) is 12.2 Å². The monoisotopic (exact) mass is 398 g/mol. The average Bonchev–Trinajstić information content (AvgIpc) is 2.03. The van der Waals surface area contributed by atoms with Gasteiger partial charge in [0.2, 0.25) is 0 Å². The number of nitrogens with two attached hydrogens (primary N) is 2. The lowest BCUT2D eigenvalue weighted by atomic mass is 9.98. The third kappa shape index (κ3) is 3.07. The summed E-state index contributed by atoms with van der Waals surface area (Å²) in [5.74, 6) is 0. The molecule has 0 aliphatic heterocycles. The first-order valence-corrected chi connectivity index (χ1v) is 6.17. The summed E-state index contributed by atoms with van der Waals surface area (Å²) >= 11 is 3.79. The zero-order valence-electron chi connectivity index (χ0n) is 6.43. The van der Waals surface area contributed by atoms with Crippen LogP contribution in [-0.4, -0.2) is 30.5 Å². The Hall–Kier alpha value is 1.04. The van der Waals surface area contributed by atoms with Crippen LogP contribution in [-0.2, 0) is 0 Å². The maximum absolute atomic E-state index is 9.49. The molecule has 0 fully saturated rings. The van der Waals surface area contributed by atoms with Gasteiger partial charge in [-0.2, -0.15) is 0 Å². The van der Waals surface area contributed by atoms with Crippen molar-refractivity contribution in [1.82, 2.24) is 0 Å². The van der Waals surface area contributed by atoms with Gasteiger partial charge in [-0.25, -0.2) is 0 Å². The lowest BCUT2D eigenvalue weighted by Gasteiger charge is -2.32. The molecule has 6 heteroatoms. The lowest BCUT2D eigenvalue weighted by Crippen LogP contribution is -2.56. The Morgan fingerprint density at radius 2 is 1.42 bits per heavy atom. The van der Waals surface area contributed by atoms with E-state index in [2.05, 4.69) is 6.58 Å². The number of halogens is 2. The molecule has 0 rings (SSSR count). The van der Waals surface area contributed by atoms with Crippen LogP contribution in [0, 0.1) is 0 Å². The minimum Gasteiger partial charge on any atom is -0.371 e. The van der Waals surface area contributed by atoms with Crippen molar-refractivity contribution in [1.29, 1.82) is 0 Å². The molecule has 0 aromatic carbocycles. The summed E-state index contributed by atoms with van der Waals surface area (Å²) in [5, 5.41) is 19.0. The summed E-state index contributed by atoms with van der Waals surface area (Å²) in [6, 6.07) is 0. The first kappa shape index (κ1) is 13.0. The van der Waals surface area contributed by atoms with Crippen LogP contribution in [0.25, 0.3) is 0 Å². The highest BCUT2D eigenvalue weighted by Gasteiger charge is 2.36. The van der Waals surface area contributed by atoms with Crippen molar-refractivity contribution in [3.8, 4) is 0 Å². The highest BCUT2D eigenvalue weighted by atomic mass is 127. The minimum atomic E-state index is -1.60. The van der Waals surface area contributed by atoms with Gasteiger partial charge in [0.25, 0.3) is 0 Å². The van der Waals surface area contributed by atoms with Gasteiger partial charge >= 0.3 is 0 Å². The van der Waals surface area contributed by atoms with Crippen molar-refractivity contribution in [2.75, 3.05) is 8.86 Å². The average molecular weight is 398 g/mol. The maximum Gasteiger partial charge on any atom is 0.148 e. The van der Waals surface area contributed by atoms with Crippen LogP contribution in [0.2, 0.25) is 0 Å². The molecule has 0 aromatic rings. The van der Waals surface area contributed by atoms with Crippen LogP contribution in [0.15, 0.2) is 12.2 Å². The molecule has 0 saturated heterocycles. The maximum atomic E-state index is 9.49. The number of alkyl halides is 2. The topological polar surface area (TPSA) is 92.5 Å². The summed E-state index contributed by atoms with van der Waals surface area (Å²) < 4.78 is 0.472. The number of aliphatic hydroxyl groups is 2. The van der Waals surface area contributed by atoms with Gasteiger partial charge in [0.1, 0.15) is 11.4 Å². The molecule has 0 unspecified atom stereocenters. The van der Waals surface area contributed by atoms with Crippen molar-refractivity contribution >= 4 is 45.2 Å². The molecule has 0 bridgehead atoms. The Balaban J connectivity index is 4.60. The van der Waals surface area contributed by atoms with E-state index in [1.165, 1.54) is 0 Å². The molecule has 0 amide bonds. The summed E-state index contributed by atoms with van der Waals surface area (Å²) in [6.07, 6.45) is 0. The second-order valence-electron chi connectivity index (χ2n) is 2.59. The molecule has 0 heterocycles. The van der Waals surface area contributed by atoms with Gasteiger partial charge in [-0.15, -0.1) is 0 Å². The van der Waals surface area contributed by atoms with Crippen LogP contribution in [0.5, 0.6) is 0 Å². The van der Waals surface area contributed by atoms with Crippen LogP contribution < -0.4 is 11.5 Å². The number of hydrogen-bond acceptors (Lipinski definition) is 4. The molecular weight excluding hydrogens is 386 g/mol. The molecule has 0 aliphatic rings. The second kappa shape index (κ2) is 4.51. The second-order valence-corrected chi connectivity index (χ2v) is 4.12. The van der Waals surface area contributed by atoms with E-state index in [-0.39, 0.29) is 14.4 Å². The minimum absolute atomic E-state index is 0.0406. The van der Waals surface area contributed by atoms with E-state index in [9.17, 15) is 10.2 Å². The van der Waals surface area contributed by atoms with E-state index in [0.29, 0.717) is 0 Å². The fraction of sp³-hybridized carbons (Fsp3) is 0.667. The predicted molar refractivity (Wildman–Crippen MR) is 65.2 cm³/mol. The van der Waals surface area contributed by atoms with Crippen molar-refractivity contribution < 1.29 is 10.2 Å². The molecule has 72 valence electrons. The van der Waals surface area contributed by atoms with Crippen molar-refractivity contribution in [3.63, 3.8) is 0 Å². The van der Waals surface area contributed by atoms with Crippen LogP contribution in [0.1, 0.15) is 0 Å². The van der Waals surface area contributed by atoms with Crippen molar-refractivity contribution in [2.24, 2.45) is 11.5 Å². The Labute approximate surface area is 98.7 Å². The van der Waals surface area contributed by atoms with Crippen LogP contribution in [0.3, 0.4) is 0 Å². The highest BCUT2D eigenvalue weighted by Crippen LogP contribution is 2.22. The molecule has 6 N–H and O–H groups in total. The van der Waals surface area contributed by atoms with Gasteiger partial charge in [-0.1, -0.05) is 51.8 Å². The van der Waals surface area contributed by atoms with Gasteiger partial charge in [0.05, 0.1) is 0 Å². The van der Waals surface area contributed by atoms with E-state index in [0.717, 1.165) is 0 Å². The van der Waals surface area contributed by atoms with Gasteiger partial charge in [-0.3, -0.25) is 11.5 Å².